The van der Waals surface area contributed by atoms with Crippen molar-refractivity contribution in [3.05, 3.63) is 63.1 Å². The molecule has 0 aliphatic heterocycles. The predicted molar refractivity (Wildman–Crippen MR) is 108 cm³/mol. The standard InChI is InChI=1S/C20H23N5O4/c1-4-13(2)23-16(26)12-24-18-17(21-9-10-22-18)19(27)25(20(24)28)11-14-5-7-15(29-3)8-6-14/h5-10,13H,4,11-12H2,1-3H3,(H,23,26). The molecule has 29 heavy (non-hydrogen) atoms. The molecule has 0 spiro atoms. The molecule has 0 aliphatic carbocycles. The highest BCUT2D eigenvalue weighted by atomic mass is 16.5. The molecule has 1 amide bonds. The zero-order chi connectivity index (χ0) is 21.0. The van der Waals surface area contributed by atoms with Gasteiger partial charge in [0.15, 0.2) is 11.2 Å². The summed E-state index contributed by atoms with van der Waals surface area (Å²) in [6.07, 6.45) is 3.53. The smallest absolute Gasteiger partial charge is 0.333 e. The third-order valence-electron chi connectivity index (χ3n) is 4.67. The van der Waals surface area contributed by atoms with Crippen molar-refractivity contribution in [3.63, 3.8) is 0 Å². The Morgan fingerprint density at radius 3 is 2.48 bits per heavy atom. The lowest BCUT2D eigenvalue weighted by Gasteiger charge is -2.15. The first-order chi connectivity index (χ1) is 13.9. The van der Waals surface area contributed by atoms with Crippen LogP contribution in [0.25, 0.3) is 11.2 Å². The number of nitrogens with zero attached hydrogens (tertiary/aromatic N) is 4. The fraction of sp³-hybridized carbons (Fsp3) is 0.350. The second-order valence-electron chi connectivity index (χ2n) is 6.71. The Balaban J connectivity index is 2.07. The Bertz CT molecular complexity index is 1130. The molecule has 9 heteroatoms. The van der Waals surface area contributed by atoms with E-state index < -0.39 is 11.2 Å². The molecule has 1 atom stereocenters. The molecule has 3 rings (SSSR count). The number of hydrogen-bond donors (Lipinski definition) is 1. The second-order valence-corrected chi connectivity index (χ2v) is 6.71. The summed E-state index contributed by atoms with van der Waals surface area (Å²) < 4.78 is 7.38. The van der Waals surface area contributed by atoms with Crippen molar-refractivity contribution in [1.29, 1.82) is 0 Å². The minimum absolute atomic E-state index is 0.0271. The molecule has 1 N–H and O–H groups in total. The first kappa shape index (κ1) is 20.2. The van der Waals surface area contributed by atoms with Gasteiger partial charge in [-0.1, -0.05) is 19.1 Å². The van der Waals surface area contributed by atoms with Gasteiger partial charge in [-0.25, -0.2) is 14.8 Å². The van der Waals surface area contributed by atoms with Crippen molar-refractivity contribution in [2.75, 3.05) is 7.11 Å². The summed E-state index contributed by atoms with van der Waals surface area (Å²) in [5.41, 5.74) is -0.292. The molecule has 0 fully saturated rings. The number of benzene rings is 1. The van der Waals surface area contributed by atoms with Gasteiger partial charge in [0, 0.05) is 18.4 Å². The van der Waals surface area contributed by atoms with Gasteiger partial charge in [-0.15, -0.1) is 0 Å². The first-order valence-corrected chi connectivity index (χ1v) is 9.31. The average Bonchev–Trinajstić information content (AvgIpc) is 2.74. The number of aromatic nitrogens is 4. The van der Waals surface area contributed by atoms with Crippen LogP contribution < -0.4 is 21.3 Å². The van der Waals surface area contributed by atoms with Crippen LogP contribution in [0.4, 0.5) is 0 Å². The molecular formula is C20H23N5O4. The van der Waals surface area contributed by atoms with Crippen LogP contribution in [0.2, 0.25) is 0 Å². The number of carbonyl (C=O) groups is 1. The van der Waals surface area contributed by atoms with Gasteiger partial charge in [-0.05, 0) is 31.0 Å². The van der Waals surface area contributed by atoms with Crippen LogP contribution in [-0.2, 0) is 17.9 Å². The first-order valence-electron chi connectivity index (χ1n) is 9.31. The van der Waals surface area contributed by atoms with E-state index in [-0.39, 0.29) is 36.2 Å². The Hall–Kier alpha value is -3.49. The van der Waals surface area contributed by atoms with Gasteiger partial charge in [-0.3, -0.25) is 18.7 Å². The molecule has 152 valence electrons. The molecule has 0 saturated heterocycles. The van der Waals surface area contributed by atoms with Gasteiger partial charge in [0.2, 0.25) is 5.91 Å². The Labute approximate surface area is 167 Å². The Kier molecular flexibility index (Phi) is 6.06. The number of amides is 1. The van der Waals surface area contributed by atoms with E-state index in [2.05, 4.69) is 15.3 Å². The van der Waals surface area contributed by atoms with Crippen molar-refractivity contribution < 1.29 is 9.53 Å². The molecule has 0 radical (unpaired) electrons. The van der Waals surface area contributed by atoms with Crippen molar-refractivity contribution in [1.82, 2.24) is 24.4 Å². The summed E-state index contributed by atoms with van der Waals surface area (Å²) >= 11 is 0. The number of carbonyl (C=O) groups excluding carboxylic acids is 1. The van der Waals surface area contributed by atoms with E-state index in [4.69, 9.17) is 4.74 Å². The number of methoxy groups -OCH3 is 1. The number of nitrogens with one attached hydrogen (secondary N) is 1. The maximum atomic E-state index is 13.1. The van der Waals surface area contributed by atoms with Gasteiger partial charge in [-0.2, -0.15) is 0 Å². The molecule has 1 unspecified atom stereocenters. The Morgan fingerprint density at radius 2 is 1.83 bits per heavy atom. The van der Waals surface area contributed by atoms with E-state index in [1.807, 2.05) is 13.8 Å². The van der Waals surface area contributed by atoms with Gasteiger partial charge in [0.1, 0.15) is 12.3 Å². The number of rotatable bonds is 7. The predicted octanol–water partition coefficient (Wildman–Crippen LogP) is 0.925. The van der Waals surface area contributed by atoms with Crippen molar-refractivity contribution in [3.8, 4) is 5.75 Å². The highest BCUT2D eigenvalue weighted by Crippen LogP contribution is 2.12. The largest absolute Gasteiger partial charge is 0.497 e. The minimum Gasteiger partial charge on any atom is -0.497 e. The summed E-state index contributed by atoms with van der Waals surface area (Å²) in [5.74, 6) is 0.340. The molecule has 9 nitrogen and oxygen atoms in total. The fourth-order valence-corrected chi connectivity index (χ4v) is 2.89. The van der Waals surface area contributed by atoms with Crippen LogP contribution in [0, 0.1) is 0 Å². The van der Waals surface area contributed by atoms with Crippen LogP contribution in [0.3, 0.4) is 0 Å². The highest BCUT2D eigenvalue weighted by molar-refractivity contribution is 5.78. The monoisotopic (exact) mass is 397 g/mol. The van der Waals surface area contributed by atoms with E-state index in [1.165, 1.54) is 17.0 Å². The molecule has 1 aromatic carbocycles. The summed E-state index contributed by atoms with van der Waals surface area (Å²) in [4.78, 5) is 46.5. The van der Waals surface area contributed by atoms with Crippen LogP contribution in [0.1, 0.15) is 25.8 Å². The van der Waals surface area contributed by atoms with Crippen molar-refractivity contribution in [2.45, 2.75) is 39.4 Å². The number of fused-ring (bicyclic) bond motifs is 1. The van der Waals surface area contributed by atoms with Gasteiger partial charge in [0.05, 0.1) is 13.7 Å². The number of hydrogen-bond acceptors (Lipinski definition) is 6. The maximum Gasteiger partial charge on any atom is 0.333 e. The van der Waals surface area contributed by atoms with Crippen molar-refractivity contribution >= 4 is 17.1 Å². The summed E-state index contributed by atoms with van der Waals surface area (Å²) in [6.45, 7) is 3.62. The van der Waals surface area contributed by atoms with Crippen LogP contribution >= 0.6 is 0 Å². The topological polar surface area (TPSA) is 108 Å². The van der Waals surface area contributed by atoms with Crippen LogP contribution in [0.5, 0.6) is 5.75 Å². The fourth-order valence-electron chi connectivity index (χ4n) is 2.89. The third-order valence-corrected chi connectivity index (χ3v) is 4.67. The lowest BCUT2D eigenvalue weighted by molar-refractivity contribution is -0.122. The maximum absolute atomic E-state index is 13.1. The zero-order valence-electron chi connectivity index (χ0n) is 16.6. The van der Waals surface area contributed by atoms with E-state index in [0.717, 1.165) is 16.6 Å². The second kappa shape index (κ2) is 8.68. The lowest BCUT2D eigenvalue weighted by Crippen LogP contribution is -2.44. The van der Waals surface area contributed by atoms with Crippen LogP contribution in [0.15, 0.2) is 46.2 Å². The summed E-state index contributed by atoms with van der Waals surface area (Å²) in [5, 5.41) is 2.82. The van der Waals surface area contributed by atoms with Gasteiger partial charge < -0.3 is 10.1 Å². The quantitative estimate of drug-likeness (QED) is 0.635. The molecule has 0 aliphatic rings. The van der Waals surface area contributed by atoms with E-state index in [1.54, 1.807) is 31.4 Å². The van der Waals surface area contributed by atoms with E-state index in [0.29, 0.717) is 5.75 Å². The van der Waals surface area contributed by atoms with Gasteiger partial charge in [0.25, 0.3) is 5.56 Å². The molecular weight excluding hydrogens is 374 g/mol. The molecule has 3 aromatic rings. The molecule has 2 aromatic heterocycles. The van der Waals surface area contributed by atoms with E-state index in [9.17, 15) is 14.4 Å². The van der Waals surface area contributed by atoms with Crippen LogP contribution in [-0.4, -0.2) is 38.2 Å². The third kappa shape index (κ3) is 4.34. The van der Waals surface area contributed by atoms with Gasteiger partial charge >= 0.3 is 5.69 Å². The lowest BCUT2D eigenvalue weighted by atomic mass is 10.2. The minimum atomic E-state index is -0.613. The normalized spacial score (nSPS) is 12.0. The zero-order valence-corrected chi connectivity index (χ0v) is 16.6. The van der Waals surface area contributed by atoms with E-state index >= 15 is 0 Å². The van der Waals surface area contributed by atoms with Crippen molar-refractivity contribution in [2.24, 2.45) is 0 Å². The summed E-state index contributed by atoms with van der Waals surface area (Å²) in [7, 11) is 1.56. The summed E-state index contributed by atoms with van der Waals surface area (Å²) in [6, 6.07) is 7.01. The highest BCUT2D eigenvalue weighted by Gasteiger charge is 2.18. The SMILES string of the molecule is CCC(C)NC(=O)Cn1c(=O)n(Cc2ccc(OC)cc2)c(=O)c2nccnc21. The number of ether oxygens (including phenoxy) is 1. The average molecular weight is 397 g/mol. The molecule has 0 saturated carbocycles. The molecule has 2 heterocycles. The molecule has 0 bridgehead atoms. The Morgan fingerprint density at radius 1 is 1.14 bits per heavy atom.